The van der Waals surface area contributed by atoms with Crippen molar-refractivity contribution in [1.29, 1.82) is 0 Å². The molecular formula is C17H20N4O2. The van der Waals surface area contributed by atoms with Gasteiger partial charge < -0.3 is 10.6 Å². The summed E-state index contributed by atoms with van der Waals surface area (Å²) >= 11 is 0. The summed E-state index contributed by atoms with van der Waals surface area (Å²) in [6.07, 6.45) is 4.28. The standard InChI is InChI=1S/C17H20N4O2/c1-11-14(19-16(22)12-7-3-2-4-8-12)15(21-20-11)17(23)18-13-9-5-6-10-13/h2-4,7-8,13H,5-6,9-10H2,1H3,(H,18,23)(H,19,22)(H,20,21). The Morgan fingerprint density at radius 1 is 1.13 bits per heavy atom. The van der Waals surface area contributed by atoms with Gasteiger partial charge in [-0.3, -0.25) is 14.7 Å². The third kappa shape index (κ3) is 3.41. The molecule has 1 heterocycles. The second-order valence-corrected chi connectivity index (χ2v) is 5.85. The molecule has 0 spiro atoms. The fraction of sp³-hybridized carbons (Fsp3) is 0.353. The minimum atomic E-state index is -0.259. The highest BCUT2D eigenvalue weighted by Crippen LogP contribution is 2.21. The summed E-state index contributed by atoms with van der Waals surface area (Å²) in [5, 5.41) is 12.6. The number of anilines is 1. The Kier molecular flexibility index (Phi) is 4.41. The Balaban J connectivity index is 1.75. The first-order chi connectivity index (χ1) is 11.1. The SMILES string of the molecule is Cc1[nH]nc(C(=O)NC2CCCC2)c1NC(=O)c1ccccc1. The van der Waals surface area contributed by atoms with Gasteiger partial charge in [-0.2, -0.15) is 5.10 Å². The van der Waals surface area contributed by atoms with Crippen molar-refractivity contribution in [3.05, 3.63) is 47.3 Å². The van der Waals surface area contributed by atoms with Gasteiger partial charge in [-0.1, -0.05) is 31.0 Å². The summed E-state index contributed by atoms with van der Waals surface area (Å²) in [5.41, 5.74) is 1.87. The molecule has 1 aliphatic rings. The highest BCUT2D eigenvalue weighted by molar-refractivity contribution is 6.08. The summed E-state index contributed by atoms with van der Waals surface area (Å²) < 4.78 is 0. The average molecular weight is 312 g/mol. The molecule has 2 amide bonds. The summed E-state index contributed by atoms with van der Waals surface area (Å²) in [6.45, 7) is 1.78. The first kappa shape index (κ1) is 15.3. The van der Waals surface area contributed by atoms with Gasteiger partial charge in [0.25, 0.3) is 11.8 Å². The monoisotopic (exact) mass is 312 g/mol. The largest absolute Gasteiger partial charge is 0.348 e. The van der Waals surface area contributed by atoms with E-state index in [4.69, 9.17) is 0 Å². The number of nitrogens with zero attached hydrogens (tertiary/aromatic N) is 1. The van der Waals surface area contributed by atoms with Crippen LogP contribution in [-0.2, 0) is 0 Å². The normalized spacial score (nSPS) is 14.7. The predicted molar refractivity (Wildman–Crippen MR) is 87.4 cm³/mol. The van der Waals surface area contributed by atoms with Crippen LogP contribution in [0.15, 0.2) is 30.3 Å². The number of amides is 2. The van der Waals surface area contributed by atoms with E-state index in [0.717, 1.165) is 25.7 Å². The lowest BCUT2D eigenvalue weighted by Crippen LogP contribution is -2.33. The average Bonchev–Trinajstić information content (AvgIpc) is 3.19. The number of carbonyl (C=O) groups excluding carboxylic acids is 2. The van der Waals surface area contributed by atoms with Crippen LogP contribution in [0.1, 0.15) is 52.2 Å². The van der Waals surface area contributed by atoms with E-state index >= 15 is 0 Å². The first-order valence-corrected chi connectivity index (χ1v) is 7.87. The van der Waals surface area contributed by atoms with Gasteiger partial charge in [-0.05, 0) is 31.9 Å². The van der Waals surface area contributed by atoms with Gasteiger partial charge >= 0.3 is 0 Å². The quantitative estimate of drug-likeness (QED) is 0.811. The lowest BCUT2D eigenvalue weighted by atomic mass is 10.2. The number of hydrogen-bond acceptors (Lipinski definition) is 3. The van der Waals surface area contributed by atoms with E-state index in [1.54, 1.807) is 31.2 Å². The van der Waals surface area contributed by atoms with E-state index in [1.165, 1.54) is 0 Å². The van der Waals surface area contributed by atoms with Crippen molar-refractivity contribution in [2.45, 2.75) is 38.6 Å². The number of hydrogen-bond donors (Lipinski definition) is 3. The molecule has 120 valence electrons. The predicted octanol–water partition coefficient (Wildman–Crippen LogP) is 2.64. The van der Waals surface area contributed by atoms with Crippen LogP contribution < -0.4 is 10.6 Å². The van der Waals surface area contributed by atoms with Gasteiger partial charge in [-0.25, -0.2) is 0 Å². The number of aromatic nitrogens is 2. The van der Waals surface area contributed by atoms with Crippen molar-refractivity contribution in [3.8, 4) is 0 Å². The second kappa shape index (κ2) is 6.64. The van der Waals surface area contributed by atoms with Crippen molar-refractivity contribution in [3.63, 3.8) is 0 Å². The topological polar surface area (TPSA) is 86.9 Å². The van der Waals surface area contributed by atoms with Crippen molar-refractivity contribution in [1.82, 2.24) is 15.5 Å². The smallest absolute Gasteiger partial charge is 0.274 e. The number of H-pyrrole nitrogens is 1. The van der Waals surface area contributed by atoms with Gasteiger partial charge in [-0.15, -0.1) is 0 Å². The van der Waals surface area contributed by atoms with Gasteiger partial charge in [0, 0.05) is 11.6 Å². The van der Waals surface area contributed by atoms with E-state index < -0.39 is 0 Å². The van der Waals surface area contributed by atoms with Crippen molar-refractivity contribution in [2.75, 3.05) is 5.32 Å². The summed E-state index contributed by atoms with van der Waals surface area (Å²) in [7, 11) is 0. The molecule has 0 radical (unpaired) electrons. The fourth-order valence-corrected chi connectivity index (χ4v) is 2.85. The maximum atomic E-state index is 12.4. The Morgan fingerprint density at radius 2 is 1.83 bits per heavy atom. The fourth-order valence-electron chi connectivity index (χ4n) is 2.85. The minimum absolute atomic E-state index is 0.206. The molecule has 23 heavy (non-hydrogen) atoms. The third-order valence-electron chi connectivity index (χ3n) is 4.13. The highest BCUT2D eigenvalue weighted by atomic mass is 16.2. The van der Waals surface area contributed by atoms with E-state index in [2.05, 4.69) is 20.8 Å². The number of aryl methyl sites for hydroxylation is 1. The second-order valence-electron chi connectivity index (χ2n) is 5.85. The summed E-state index contributed by atoms with van der Waals surface area (Å²) in [5.74, 6) is -0.505. The van der Waals surface area contributed by atoms with Crippen LogP contribution in [0.5, 0.6) is 0 Å². The molecule has 2 aromatic rings. The molecule has 1 aromatic carbocycles. The van der Waals surface area contributed by atoms with Crippen LogP contribution in [0.2, 0.25) is 0 Å². The van der Waals surface area contributed by atoms with E-state index in [9.17, 15) is 9.59 Å². The maximum Gasteiger partial charge on any atom is 0.274 e. The van der Waals surface area contributed by atoms with Crippen LogP contribution in [0, 0.1) is 6.92 Å². The van der Waals surface area contributed by atoms with E-state index in [1.807, 2.05) is 6.07 Å². The third-order valence-corrected chi connectivity index (χ3v) is 4.13. The zero-order chi connectivity index (χ0) is 16.2. The van der Waals surface area contributed by atoms with Gasteiger partial charge in [0.15, 0.2) is 5.69 Å². The molecule has 3 N–H and O–H groups in total. The Hall–Kier alpha value is -2.63. The Bertz CT molecular complexity index is 703. The number of benzene rings is 1. The molecule has 1 aromatic heterocycles. The molecule has 0 unspecified atom stereocenters. The molecule has 3 rings (SSSR count). The molecule has 1 aliphatic carbocycles. The molecular weight excluding hydrogens is 292 g/mol. The van der Waals surface area contributed by atoms with Gasteiger partial charge in [0.1, 0.15) is 0 Å². The summed E-state index contributed by atoms with van der Waals surface area (Å²) in [4.78, 5) is 24.7. The zero-order valence-electron chi connectivity index (χ0n) is 13.1. The Morgan fingerprint density at radius 3 is 2.52 bits per heavy atom. The number of aromatic amines is 1. The van der Waals surface area contributed by atoms with Crippen LogP contribution in [0.4, 0.5) is 5.69 Å². The van der Waals surface area contributed by atoms with Crippen molar-refractivity contribution >= 4 is 17.5 Å². The number of carbonyl (C=O) groups is 2. The van der Waals surface area contributed by atoms with Crippen LogP contribution in [0.25, 0.3) is 0 Å². The molecule has 0 atom stereocenters. The molecule has 6 heteroatoms. The Labute approximate surface area is 134 Å². The molecule has 0 aliphatic heterocycles. The first-order valence-electron chi connectivity index (χ1n) is 7.87. The lowest BCUT2D eigenvalue weighted by molar-refractivity contribution is 0.0933. The van der Waals surface area contributed by atoms with Crippen LogP contribution in [-0.4, -0.2) is 28.1 Å². The minimum Gasteiger partial charge on any atom is -0.348 e. The zero-order valence-corrected chi connectivity index (χ0v) is 13.1. The summed E-state index contributed by atoms with van der Waals surface area (Å²) in [6, 6.07) is 9.10. The van der Waals surface area contributed by atoms with Crippen molar-refractivity contribution in [2.24, 2.45) is 0 Å². The molecule has 1 fully saturated rings. The van der Waals surface area contributed by atoms with E-state index in [-0.39, 0.29) is 23.6 Å². The van der Waals surface area contributed by atoms with Crippen molar-refractivity contribution < 1.29 is 9.59 Å². The van der Waals surface area contributed by atoms with E-state index in [0.29, 0.717) is 16.9 Å². The molecule has 0 bridgehead atoms. The lowest BCUT2D eigenvalue weighted by Gasteiger charge is -2.12. The molecule has 6 nitrogen and oxygen atoms in total. The van der Waals surface area contributed by atoms with Gasteiger partial charge in [0.2, 0.25) is 0 Å². The number of nitrogens with one attached hydrogen (secondary N) is 3. The maximum absolute atomic E-state index is 12.4. The molecule has 0 saturated heterocycles. The van der Waals surface area contributed by atoms with Crippen LogP contribution in [0.3, 0.4) is 0 Å². The van der Waals surface area contributed by atoms with Crippen LogP contribution >= 0.6 is 0 Å². The molecule has 1 saturated carbocycles. The number of rotatable bonds is 4. The highest BCUT2D eigenvalue weighted by Gasteiger charge is 2.23. The van der Waals surface area contributed by atoms with Gasteiger partial charge in [0.05, 0.1) is 11.4 Å².